The highest BCUT2D eigenvalue weighted by molar-refractivity contribution is 6.39. The topological polar surface area (TPSA) is 67.4 Å². The van der Waals surface area contributed by atoms with Crippen molar-refractivity contribution in [1.29, 1.82) is 0 Å². The minimum absolute atomic E-state index is 0.0165. The zero-order valence-electron chi connectivity index (χ0n) is 13.4. The Bertz CT molecular complexity index is 536. The Hall–Kier alpha value is -2.18. The van der Waals surface area contributed by atoms with Crippen LogP contribution in [0.1, 0.15) is 33.6 Å². The molecule has 0 aromatic heterocycles. The lowest BCUT2D eigenvalue weighted by Crippen LogP contribution is -2.40. The predicted molar refractivity (Wildman–Crippen MR) is 83.4 cm³/mol. The molecular formula is C16H22F2N2O3. The van der Waals surface area contributed by atoms with E-state index >= 15 is 0 Å². The number of carbonyl (C=O) groups is 2. The first-order valence-electron chi connectivity index (χ1n) is 7.45. The van der Waals surface area contributed by atoms with Gasteiger partial charge in [0.05, 0.1) is 5.69 Å². The number of hydrogen-bond acceptors (Lipinski definition) is 3. The summed E-state index contributed by atoms with van der Waals surface area (Å²) in [5.74, 6) is -1.43. The minimum Gasteiger partial charge on any atom is -0.433 e. The van der Waals surface area contributed by atoms with Gasteiger partial charge >= 0.3 is 18.4 Å². The standard InChI is InChI=1S/C16H22F2N2O3/c1-10(2)8-9-11(3)19-14(21)15(22)20-12-6-4-5-7-13(12)23-16(17)18/h4-7,10-11,16H,8-9H2,1-3H3,(H,19,21)(H,20,22). The summed E-state index contributed by atoms with van der Waals surface area (Å²) in [7, 11) is 0. The first kappa shape index (κ1) is 18.9. The zero-order chi connectivity index (χ0) is 17.4. The molecule has 0 saturated carbocycles. The van der Waals surface area contributed by atoms with Gasteiger partial charge in [0.25, 0.3) is 0 Å². The molecule has 0 fully saturated rings. The van der Waals surface area contributed by atoms with Crippen LogP contribution in [0.5, 0.6) is 5.75 Å². The van der Waals surface area contributed by atoms with Crippen LogP contribution < -0.4 is 15.4 Å². The van der Waals surface area contributed by atoms with Crippen molar-refractivity contribution in [1.82, 2.24) is 5.32 Å². The van der Waals surface area contributed by atoms with Crippen molar-refractivity contribution in [3.05, 3.63) is 24.3 Å². The number of ether oxygens (including phenoxy) is 1. The normalized spacial score (nSPS) is 12.1. The zero-order valence-corrected chi connectivity index (χ0v) is 13.4. The van der Waals surface area contributed by atoms with Crippen molar-refractivity contribution in [3.8, 4) is 5.75 Å². The van der Waals surface area contributed by atoms with E-state index in [1.54, 1.807) is 6.92 Å². The molecule has 23 heavy (non-hydrogen) atoms. The van der Waals surface area contributed by atoms with Crippen LogP contribution >= 0.6 is 0 Å². The summed E-state index contributed by atoms with van der Waals surface area (Å²) in [5, 5.41) is 4.85. The number of benzene rings is 1. The van der Waals surface area contributed by atoms with Gasteiger partial charge in [-0.1, -0.05) is 26.0 Å². The van der Waals surface area contributed by atoms with Gasteiger partial charge in [-0.2, -0.15) is 8.78 Å². The third-order valence-corrected chi connectivity index (χ3v) is 3.11. The van der Waals surface area contributed by atoms with E-state index in [4.69, 9.17) is 0 Å². The van der Waals surface area contributed by atoms with Gasteiger partial charge in [-0.3, -0.25) is 9.59 Å². The summed E-state index contributed by atoms with van der Waals surface area (Å²) < 4.78 is 28.9. The van der Waals surface area contributed by atoms with Crippen molar-refractivity contribution in [2.24, 2.45) is 5.92 Å². The second kappa shape index (κ2) is 9.07. The van der Waals surface area contributed by atoms with E-state index in [0.717, 1.165) is 12.8 Å². The molecule has 1 unspecified atom stereocenters. The van der Waals surface area contributed by atoms with Gasteiger partial charge in [0.2, 0.25) is 0 Å². The molecule has 2 N–H and O–H groups in total. The second-order valence-electron chi connectivity index (χ2n) is 5.67. The molecular weight excluding hydrogens is 306 g/mol. The van der Waals surface area contributed by atoms with Crippen LogP contribution in [-0.2, 0) is 9.59 Å². The summed E-state index contributed by atoms with van der Waals surface area (Å²) in [6.07, 6.45) is 1.68. The number of anilines is 1. The summed E-state index contributed by atoms with van der Waals surface area (Å²) in [6, 6.07) is 5.54. The first-order chi connectivity index (χ1) is 10.8. The lowest BCUT2D eigenvalue weighted by Gasteiger charge is -2.15. The smallest absolute Gasteiger partial charge is 0.387 e. The van der Waals surface area contributed by atoms with Gasteiger partial charge in [0.15, 0.2) is 0 Å². The third-order valence-electron chi connectivity index (χ3n) is 3.11. The third kappa shape index (κ3) is 7.08. The maximum atomic E-state index is 12.3. The van der Waals surface area contributed by atoms with Gasteiger partial charge in [0, 0.05) is 6.04 Å². The highest BCUT2D eigenvalue weighted by Gasteiger charge is 2.18. The van der Waals surface area contributed by atoms with E-state index in [0.29, 0.717) is 5.92 Å². The average molecular weight is 328 g/mol. The summed E-state index contributed by atoms with van der Waals surface area (Å²) in [6.45, 7) is 2.93. The lowest BCUT2D eigenvalue weighted by molar-refractivity contribution is -0.136. The van der Waals surface area contributed by atoms with E-state index in [1.807, 2.05) is 0 Å². The van der Waals surface area contributed by atoms with Crippen molar-refractivity contribution in [2.45, 2.75) is 46.3 Å². The largest absolute Gasteiger partial charge is 0.433 e. The van der Waals surface area contributed by atoms with E-state index in [2.05, 4.69) is 29.2 Å². The Kier molecular flexibility index (Phi) is 7.44. The number of para-hydroxylation sites is 2. The van der Waals surface area contributed by atoms with Crippen LogP contribution in [0.3, 0.4) is 0 Å². The highest BCUT2D eigenvalue weighted by Crippen LogP contribution is 2.25. The monoisotopic (exact) mass is 328 g/mol. The fourth-order valence-electron chi connectivity index (χ4n) is 1.89. The molecule has 1 aromatic carbocycles. The summed E-state index contributed by atoms with van der Waals surface area (Å²) in [5.41, 5.74) is 0.0165. The van der Waals surface area contributed by atoms with Gasteiger partial charge in [-0.15, -0.1) is 0 Å². The van der Waals surface area contributed by atoms with E-state index in [1.165, 1.54) is 24.3 Å². The fourth-order valence-corrected chi connectivity index (χ4v) is 1.89. The molecule has 0 aliphatic carbocycles. The Labute approximate surface area is 134 Å². The van der Waals surface area contributed by atoms with Gasteiger partial charge in [-0.05, 0) is 37.8 Å². The van der Waals surface area contributed by atoms with Gasteiger partial charge in [0.1, 0.15) is 5.75 Å². The quantitative estimate of drug-likeness (QED) is 0.756. The fraction of sp³-hybridized carbons (Fsp3) is 0.500. The molecule has 1 atom stereocenters. The number of amides is 2. The van der Waals surface area contributed by atoms with Crippen molar-refractivity contribution >= 4 is 17.5 Å². The molecule has 0 bridgehead atoms. The van der Waals surface area contributed by atoms with E-state index < -0.39 is 18.4 Å². The van der Waals surface area contributed by atoms with Gasteiger partial charge in [-0.25, -0.2) is 0 Å². The average Bonchev–Trinajstić information content (AvgIpc) is 2.46. The van der Waals surface area contributed by atoms with Crippen LogP contribution in [0, 0.1) is 5.92 Å². The van der Waals surface area contributed by atoms with Crippen LogP contribution in [-0.4, -0.2) is 24.5 Å². The van der Waals surface area contributed by atoms with Crippen LogP contribution in [0.2, 0.25) is 0 Å². The van der Waals surface area contributed by atoms with E-state index in [-0.39, 0.29) is 17.5 Å². The molecule has 0 aliphatic rings. The number of carbonyl (C=O) groups excluding carboxylic acids is 2. The van der Waals surface area contributed by atoms with Crippen molar-refractivity contribution in [2.75, 3.05) is 5.32 Å². The summed E-state index contributed by atoms with van der Waals surface area (Å²) >= 11 is 0. The maximum Gasteiger partial charge on any atom is 0.387 e. The number of rotatable bonds is 7. The Morgan fingerprint density at radius 1 is 1.09 bits per heavy atom. The first-order valence-corrected chi connectivity index (χ1v) is 7.45. The van der Waals surface area contributed by atoms with Gasteiger partial charge < -0.3 is 15.4 Å². The highest BCUT2D eigenvalue weighted by atomic mass is 19.3. The van der Waals surface area contributed by atoms with Crippen molar-refractivity contribution < 1.29 is 23.1 Å². The molecule has 1 aromatic rings. The molecule has 0 saturated heterocycles. The van der Waals surface area contributed by atoms with E-state index in [9.17, 15) is 18.4 Å². The number of nitrogens with one attached hydrogen (secondary N) is 2. The molecule has 0 aliphatic heterocycles. The second-order valence-corrected chi connectivity index (χ2v) is 5.67. The summed E-state index contributed by atoms with van der Waals surface area (Å²) in [4.78, 5) is 23.7. The Morgan fingerprint density at radius 3 is 2.35 bits per heavy atom. The Morgan fingerprint density at radius 2 is 1.74 bits per heavy atom. The Balaban J connectivity index is 2.60. The maximum absolute atomic E-state index is 12.3. The van der Waals surface area contributed by atoms with Crippen LogP contribution in [0.25, 0.3) is 0 Å². The molecule has 5 nitrogen and oxygen atoms in total. The molecule has 1 rings (SSSR count). The van der Waals surface area contributed by atoms with Crippen molar-refractivity contribution in [3.63, 3.8) is 0 Å². The SMILES string of the molecule is CC(C)CCC(C)NC(=O)C(=O)Nc1ccccc1OC(F)F. The van der Waals surface area contributed by atoms with Crippen LogP contribution in [0.4, 0.5) is 14.5 Å². The molecule has 2 amide bonds. The van der Waals surface area contributed by atoms with Crippen LogP contribution in [0.15, 0.2) is 24.3 Å². The number of hydrogen-bond donors (Lipinski definition) is 2. The lowest BCUT2D eigenvalue weighted by atomic mass is 10.0. The number of halogens is 2. The molecule has 0 heterocycles. The molecule has 128 valence electrons. The molecule has 0 radical (unpaired) electrons. The number of alkyl halides is 2. The molecule has 7 heteroatoms. The minimum atomic E-state index is -3.02. The predicted octanol–water partition coefficient (Wildman–Crippen LogP) is 3.17. The molecule has 0 spiro atoms.